The van der Waals surface area contributed by atoms with Crippen LogP contribution < -0.4 is 10.6 Å². The second-order valence-electron chi connectivity index (χ2n) is 4.44. The minimum atomic E-state index is -0.297. The van der Waals surface area contributed by atoms with E-state index in [4.69, 9.17) is 11.6 Å². The molecule has 108 valence electrons. The summed E-state index contributed by atoms with van der Waals surface area (Å²) in [6.07, 6.45) is 3.42. The molecule has 0 radical (unpaired) electrons. The van der Waals surface area contributed by atoms with E-state index in [2.05, 4.69) is 26.6 Å². The average Bonchev–Trinajstić information content (AvgIpc) is 2.44. The lowest BCUT2D eigenvalue weighted by Crippen LogP contribution is -2.24. The molecular weight excluding hydrogens is 352 g/mol. The van der Waals surface area contributed by atoms with Gasteiger partial charge >= 0.3 is 6.03 Å². The van der Waals surface area contributed by atoms with Crippen LogP contribution in [0.2, 0.25) is 5.02 Å². The normalized spacial score (nSPS) is 10.6. The largest absolute Gasteiger partial charge is 0.323 e. The standard InChI is InChI=1S/C16H14BrClN2O/c1-11-10-14(18)6-7-15(11)20-16(21)19-9-8-12-2-4-13(17)5-3-12/h2-10H,1H3,(H2,19,20,21)/b9-8+. The molecular formula is C16H14BrClN2O. The molecule has 0 aliphatic carbocycles. The third-order valence-corrected chi connectivity index (χ3v) is 3.56. The molecule has 0 aliphatic rings. The molecule has 0 saturated carbocycles. The second-order valence-corrected chi connectivity index (χ2v) is 5.79. The van der Waals surface area contributed by atoms with E-state index in [0.29, 0.717) is 5.02 Å². The van der Waals surface area contributed by atoms with Gasteiger partial charge in [-0.15, -0.1) is 0 Å². The molecule has 0 bridgehead atoms. The number of urea groups is 1. The van der Waals surface area contributed by atoms with Crippen LogP contribution in [-0.2, 0) is 0 Å². The van der Waals surface area contributed by atoms with Crippen molar-refractivity contribution in [3.05, 3.63) is 69.3 Å². The Balaban J connectivity index is 1.91. The Morgan fingerprint density at radius 3 is 2.57 bits per heavy atom. The van der Waals surface area contributed by atoms with Crippen molar-refractivity contribution >= 4 is 45.3 Å². The van der Waals surface area contributed by atoms with Gasteiger partial charge in [-0.25, -0.2) is 4.79 Å². The number of amides is 2. The van der Waals surface area contributed by atoms with Gasteiger partial charge in [0.15, 0.2) is 0 Å². The van der Waals surface area contributed by atoms with Gasteiger partial charge in [0.05, 0.1) is 0 Å². The number of halogens is 2. The smallest absolute Gasteiger partial charge is 0.314 e. The van der Waals surface area contributed by atoms with Crippen LogP contribution in [0.1, 0.15) is 11.1 Å². The quantitative estimate of drug-likeness (QED) is 0.771. The number of hydrogen-bond acceptors (Lipinski definition) is 1. The first kappa shape index (κ1) is 15.6. The van der Waals surface area contributed by atoms with Crippen LogP contribution in [0.3, 0.4) is 0 Å². The van der Waals surface area contributed by atoms with E-state index in [0.717, 1.165) is 21.3 Å². The lowest BCUT2D eigenvalue weighted by atomic mass is 10.2. The summed E-state index contributed by atoms with van der Waals surface area (Å²) in [5.74, 6) is 0. The zero-order valence-corrected chi connectivity index (χ0v) is 13.7. The molecule has 0 aliphatic heterocycles. The number of carbonyl (C=O) groups excluding carboxylic acids is 1. The van der Waals surface area contributed by atoms with Gasteiger partial charge in [0.25, 0.3) is 0 Å². The maximum atomic E-state index is 11.8. The molecule has 0 spiro atoms. The summed E-state index contributed by atoms with van der Waals surface area (Å²) in [5, 5.41) is 6.07. The Kier molecular flexibility index (Phi) is 5.42. The van der Waals surface area contributed by atoms with Crippen molar-refractivity contribution in [1.29, 1.82) is 0 Å². The van der Waals surface area contributed by atoms with E-state index in [1.54, 1.807) is 24.4 Å². The first-order valence-electron chi connectivity index (χ1n) is 6.30. The van der Waals surface area contributed by atoms with Gasteiger partial charge in [0.1, 0.15) is 0 Å². The molecule has 0 unspecified atom stereocenters. The highest BCUT2D eigenvalue weighted by atomic mass is 79.9. The zero-order valence-electron chi connectivity index (χ0n) is 11.4. The van der Waals surface area contributed by atoms with Crippen LogP contribution in [0, 0.1) is 6.92 Å². The summed E-state index contributed by atoms with van der Waals surface area (Å²) in [5.41, 5.74) is 2.64. The average molecular weight is 366 g/mol. The van der Waals surface area contributed by atoms with E-state index in [9.17, 15) is 4.79 Å². The molecule has 2 N–H and O–H groups in total. The Morgan fingerprint density at radius 1 is 1.19 bits per heavy atom. The third kappa shape index (κ3) is 4.92. The van der Waals surface area contributed by atoms with Crippen molar-refractivity contribution < 1.29 is 4.79 Å². The highest BCUT2D eigenvalue weighted by molar-refractivity contribution is 9.10. The molecule has 0 saturated heterocycles. The predicted octanol–water partition coefficient (Wildman–Crippen LogP) is 5.20. The van der Waals surface area contributed by atoms with Gasteiger partial charge in [-0.05, 0) is 54.5 Å². The summed E-state index contributed by atoms with van der Waals surface area (Å²) in [6, 6.07) is 12.8. The zero-order chi connectivity index (χ0) is 15.2. The van der Waals surface area contributed by atoms with E-state index < -0.39 is 0 Å². The molecule has 2 aromatic rings. The number of rotatable bonds is 3. The van der Waals surface area contributed by atoms with Crippen molar-refractivity contribution in [2.75, 3.05) is 5.32 Å². The Labute approximate surface area is 137 Å². The second kappa shape index (κ2) is 7.29. The molecule has 3 nitrogen and oxygen atoms in total. The summed E-state index contributed by atoms with van der Waals surface area (Å²) < 4.78 is 1.02. The van der Waals surface area contributed by atoms with Crippen LogP contribution in [0.5, 0.6) is 0 Å². The SMILES string of the molecule is Cc1cc(Cl)ccc1NC(=O)N/C=C/c1ccc(Br)cc1. The van der Waals surface area contributed by atoms with Crippen molar-refractivity contribution in [2.45, 2.75) is 6.92 Å². The van der Waals surface area contributed by atoms with Gasteiger partial charge < -0.3 is 10.6 Å². The fraction of sp³-hybridized carbons (Fsp3) is 0.0625. The van der Waals surface area contributed by atoms with Crippen LogP contribution >= 0.6 is 27.5 Å². The number of hydrogen-bond donors (Lipinski definition) is 2. The van der Waals surface area contributed by atoms with Gasteiger partial charge in [0, 0.05) is 21.4 Å². The van der Waals surface area contributed by atoms with Gasteiger partial charge in [0.2, 0.25) is 0 Å². The molecule has 2 rings (SSSR count). The predicted molar refractivity (Wildman–Crippen MR) is 91.5 cm³/mol. The molecule has 0 atom stereocenters. The third-order valence-electron chi connectivity index (χ3n) is 2.80. The highest BCUT2D eigenvalue weighted by Crippen LogP contribution is 2.19. The van der Waals surface area contributed by atoms with E-state index >= 15 is 0 Å². The monoisotopic (exact) mass is 364 g/mol. The summed E-state index contributed by atoms with van der Waals surface area (Å²) >= 11 is 9.25. The molecule has 21 heavy (non-hydrogen) atoms. The van der Waals surface area contributed by atoms with Gasteiger partial charge in [-0.1, -0.05) is 39.7 Å². The van der Waals surface area contributed by atoms with Crippen molar-refractivity contribution in [3.63, 3.8) is 0 Å². The number of benzene rings is 2. The molecule has 0 aromatic heterocycles. The first-order chi connectivity index (χ1) is 10.0. The van der Waals surface area contributed by atoms with Crippen LogP contribution in [0.4, 0.5) is 10.5 Å². The fourth-order valence-corrected chi connectivity index (χ4v) is 2.20. The summed E-state index contributed by atoms with van der Waals surface area (Å²) in [6.45, 7) is 1.89. The lowest BCUT2D eigenvalue weighted by Gasteiger charge is -2.08. The topological polar surface area (TPSA) is 41.1 Å². The minimum absolute atomic E-state index is 0.297. The molecule has 5 heteroatoms. The van der Waals surface area contributed by atoms with Crippen LogP contribution in [0.25, 0.3) is 6.08 Å². The Morgan fingerprint density at radius 2 is 1.90 bits per heavy atom. The fourth-order valence-electron chi connectivity index (χ4n) is 1.71. The maximum absolute atomic E-state index is 11.8. The number of carbonyl (C=O) groups is 1. The molecule has 0 heterocycles. The van der Waals surface area contributed by atoms with Gasteiger partial charge in [-0.3, -0.25) is 0 Å². The first-order valence-corrected chi connectivity index (χ1v) is 7.47. The molecule has 2 aromatic carbocycles. The number of nitrogens with one attached hydrogen (secondary N) is 2. The van der Waals surface area contributed by atoms with E-state index in [1.807, 2.05) is 37.3 Å². The van der Waals surface area contributed by atoms with Gasteiger partial charge in [-0.2, -0.15) is 0 Å². The molecule has 0 fully saturated rings. The van der Waals surface area contributed by atoms with E-state index in [1.165, 1.54) is 0 Å². The Bertz CT molecular complexity index is 668. The van der Waals surface area contributed by atoms with Crippen molar-refractivity contribution in [2.24, 2.45) is 0 Å². The molecule has 2 amide bonds. The Hall–Kier alpha value is -1.78. The number of aryl methyl sites for hydroxylation is 1. The van der Waals surface area contributed by atoms with Crippen LogP contribution in [-0.4, -0.2) is 6.03 Å². The van der Waals surface area contributed by atoms with Crippen molar-refractivity contribution in [3.8, 4) is 0 Å². The number of anilines is 1. The summed E-state index contributed by atoms with van der Waals surface area (Å²) in [4.78, 5) is 11.8. The van der Waals surface area contributed by atoms with E-state index in [-0.39, 0.29) is 6.03 Å². The minimum Gasteiger partial charge on any atom is -0.314 e. The highest BCUT2D eigenvalue weighted by Gasteiger charge is 2.02. The van der Waals surface area contributed by atoms with Crippen molar-refractivity contribution in [1.82, 2.24) is 5.32 Å². The lowest BCUT2D eigenvalue weighted by molar-refractivity contribution is 0.255. The van der Waals surface area contributed by atoms with Crippen LogP contribution in [0.15, 0.2) is 53.1 Å². The maximum Gasteiger partial charge on any atom is 0.323 e. The summed E-state index contributed by atoms with van der Waals surface area (Å²) in [7, 11) is 0.